The number of alkyl carbamates (subject to hydrolysis) is 1. The topological polar surface area (TPSA) is 95.5 Å². The quantitative estimate of drug-likeness (QED) is 0.474. The minimum atomic E-state index is -0.798. The first kappa shape index (κ1) is 21.3. The molecule has 0 fully saturated rings. The standard InChI is InChI=1S/C23H21FN4O4S/c1-11-5-12(18-15(6-11)27-17(30-3)9-25-18)21-28-16-7-14(24)19-13(20(16)33-21)8-23(2,32-19)10-26-22(29)31-4/h5-7,9H,8,10H2,1-4H3,(H,26,29)/t23-/m0/s1. The Morgan fingerprint density at radius 1 is 1.27 bits per heavy atom. The molecular weight excluding hydrogens is 447 g/mol. The number of thiazole rings is 1. The Morgan fingerprint density at radius 3 is 2.85 bits per heavy atom. The third-order valence-electron chi connectivity index (χ3n) is 5.58. The number of rotatable bonds is 4. The van der Waals surface area contributed by atoms with Crippen LogP contribution >= 0.6 is 11.3 Å². The van der Waals surface area contributed by atoms with Crippen molar-refractivity contribution in [2.45, 2.75) is 25.9 Å². The normalized spacial score (nSPS) is 17.1. The number of nitrogens with one attached hydrogen (secondary N) is 1. The molecular formula is C23H21FN4O4S. The summed E-state index contributed by atoms with van der Waals surface area (Å²) in [6, 6.07) is 5.33. The molecule has 1 aliphatic rings. The van der Waals surface area contributed by atoms with Gasteiger partial charge in [0.25, 0.3) is 0 Å². The molecule has 2 aromatic carbocycles. The SMILES string of the molecule is COC(=O)NC[C@]1(C)Cc2c(c(F)cc3nc(-c4cc(C)cc5nc(OC)cnc45)sc23)O1. The second-order valence-electron chi connectivity index (χ2n) is 8.20. The molecule has 10 heteroatoms. The number of aryl methyl sites for hydroxylation is 1. The van der Waals surface area contributed by atoms with Crippen LogP contribution in [0.25, 0.3) is 31.8 Å². The van der Waals surface area contributed by atoms with Gasteiger partial charge in [0.15, 0.2) is 11.6 Å². The Bertz CT molecular complexity index is 1420. The molecule has 5 rings (SSSR count). The van der Waals surface area contributed by atoms with Gasteiger partial charge in [0.05, 0.1) is 48.2 Å². The van der Waals surface area contributed by atoms with Crippen LogP contribution < -0.4 is 14.8 Å². The largest absolute Gasteiger partial charge is 0.482 e. The minimum absolute atomic E-state index is 0.181. The summed E-state index contributed by atoms with van der Waals surface area (Å²) in [5, 5.41) is 3.35. The van der Waals surface area contributed by atoms with Crippen LogP contribution in [-0.2, 0) is 11.2 Å². The van der Waals surface area contributed by atoms with Gasteiger partial charge in [0, 0.05) is 23.6 Å². The summed E-state index contributed by atoms with van der Waals surface area (Å²) in [5.74, 6) is 0.153. The Balaban J connectivity index is 1.60. The van der Waals surface area contributed by atoms with Crippen molar-refractivity contribution in [1.82, 2.24) is 20.3 Å². The molecule has 33 heavy (non-hydrogen) atoms. The molecule has 3 heterocycles. The first-order valence-corrected chi connectivity index (χ1v) is 11.1. The van der Waals surface area contributed by atoms with Crippen molar-refractivity contribution in [3.63, 3.8) is 0 Å². The van der Waals surface area contributed by atoms with Crippen LogP contribution in [0, 0.1) is 12.7 Å². The fraction of sp³-hybridized carbons (Fsp3) is 0.304. The Labute approximate surface area is 192 Å². The smallest absolute Gasteiger partial charge is 0.406 e. The first-order valence-electron chi connectivity index (χ1n) is 10.2. The minimum Gasteiger partial charge on any atom is -0.482 e. The maximum Gasteiger partial charge on any atom is 0.406 e. The maximum absolute atomic E-state index is 14.9. The lowest BCUT2D eigenvalue weighted by molar-refractivity contribution is 0.103. The van der Waals surface area contributed by atoms with Crippen LogP contribution in [0.4, 0.5) is 9.18 Å². The first-order chi connectivity index (χ1) is 15.8. The molecule has 2 aromatic heterocycles. The predicted molar refractivity (Wildman–Crippen MR) is 123 cm³/mol. The summed E-state index contributed by atoms with van der Waals surface area (Å²) in [4.78, 5) is 25.3. The van der Waals surface area contributed by atoms with Gasteiger partial charge >= 0.3 is 6.09 Å². The molecule has 0 saturated carbocycles. The average molecular weight is 469 g/mol. The lowest BCUT2D eigenvalue weighted by atomic mass is 9.99. The number of aromatic nitrogens is 3. The molecule has 4 aromatic rings. The number of hydrogen-bond acceptors (Lipinski definition) is 8. The molecule has 1 amide bonds. The fourth-order valence-electron chi connectivity index (χ4n) is 4.06. The zero-order valence-corrected chi connectivity index (χ0v) is 19.3. The predicted octanol–water partition coefficient (Wildman–Crippen LogP) is 4.41. The zero-order valence-electron chi connectivity index (χ0n) is 18.5. The van der Waals surface area contributed by atoms with Crippen LogP contribution in [0.5, 0.6) is 11.6 Å². The van der Waals surface area contributed by atoms with Crippen molar-refractivity contribution in [2.75, 3.05) is 20.8 Å². The number of nitrogens with zero attached hydrogens (tertiary/aromatic N) is 3. The molecule has 0 aliphatic carbocycles. The number of methoxy groups -OCH3 is 2. The summed E-state index contributed by atoms with van der Waals surface area (Å²) in [6.07, 6.45) is 1.43. The maximum atomic E-state index is 14.9. The van der Waals surface area contributed by atoms with E-state index in [2.05, 4.69) is 20.0 Å². The van der Waals surface area contributed by atoms with Gasteiger partial charge < -0.3 is 19.5 Å². The summed E-state index contributed by atoms with van der Waals surface area (Å²) in [6.45, 7) is 3.98. The number of carbonyl (C=O) groups excluding carboxylic acids is 1. The molecule has 0 saturated heterocycles. The molecule has 1 atom stereocenters. The van der Waals surface area contributed by atoms with Gasteiger partial charge in [-0.05, 0) is 31.5 Å². The second-order valence-corrected chi connectivity index (χ2v) is 9.20. The van der Waals surface area contributed by atoms with Crippen LogP contribution in [-0.4, -0.2) is 47.4 Å². The van der Waals surface area contributed by atoms with Crippen molar-refractivity contribution in [3.8, 4) is 22.2 Å². The van der Waals surface area contributed by atoms with Crippen molar-refractivity contribution in [2.24, 2.45) is 0 Å². The van der Waals surface area contributed by atoms with Crippen LogP contribution in [0.1, 0.15) is 18.1 Å². The van der Waals surface area contributed by atoms with E-state index in [1.165, 1.54) is 24.5 Å². The highest BCUT2D eigenvalue weighted by Crippen LogP contribution is 2.45. The van der Waals surface area contributed by atoms with E-state index in [0.717, 1.165) is 21.4 Å². The van der Waals surface area contributed by atoms with E-state index in [-0.39, 0.29) is 12.3 Å². The third-order valence-corrected chi connectivity index (χ3v) is 6.75. The highest BCUT2D eigenvalue weighted by Gasteiger charge is 2.39. The van der Waals surface area contributed by atoms with Gasteiger partial charge in [-0.2, -0.15) is 0 Å². The summed E-state index contributed by atoms with van der Waals surface area (Å²) < 4.78 is 31.6. The van der Waals surface area contributed by atoms with E-state index in [4.69, 9.17) is 14.5 Å². The van der Waals surface area contributed by atoms with E-state index in [9.17, 15) is 9.18 Å². The van der Waals surface area contributed by atoms with Gasteiger partial charge in [-0.1, -0.05) is 0 Å². The van der Waals surface area contributed by atoms with Crippen molar-refractivity contribution in [3.05, 3.63) is 41.3 Å². The number of hydrogen-bond donors (Lipinski definition) is 1. The summed E-state index contributed by atoms with van der Waals surface area (Å²) in [5.41, 5.74) is 3.72. The molecule has 8 nitrogen and oxygen atoms in total. The Kier molecular flexibility index (Phi) is 5.04. The summed E-state index contributed by atoms with van der Waals surface area (Å²) in [7, 11) is 2.84. The van der Waals surface area contributed by atoms with E-state index < -0.39 is 17.5 Å². The molecule has 1 aliphatic heterocycles. The van der Waals surface area contributed by atoms with Crippen LogP contribution in [0.3, 0.4) is 0 Å². The monoisotopic (exact) mass is 468 g/mol. The van der Waals surface area contributed by atoms with E-state index in [0.29, 0.717) is 33.9 Å². The van der Waals surface area contributed by atoms with Crippen molar-refractivity contribution in [1.29, 1.82) is 0 Å². The fourth-order valence-corrected chi connectivity index (χ4v) is 5.16. The Morgan fingerprint density at radius 2 is 2.09 bits per heavy atom. The number of ether oxygens (including phenoxy) is 3. The van der Waals surface area contributed by atoms with Gasteiger partial charge in [0.1, 0.15) is 10.6 Å². The van der Waals surface area contributed by atoms with Gasteiger partial charge in [0.2, 0.25) is 5.88 Å². The molecule has 0 spiro atoms. The van der Waals surface area contributed by atoms with Crippen molar-refractivity contribution >= 4 is 38.7 Å². The zero-order chi connectivity index (χ0) is 23.3. The molecule has 0 unspecified atom stereocenters. The molecule has 0 radical (unpaired) electrons. The number of carbonyl (C=O) groups is 1. The molecule has 0 bridgehead atoms. The average Bonchev–Trinajstić information content (AvgIpc) is 3.38. The van der Waals surface area contributed by atoms with E-state index in [1.54, 1.807) is 13.3 Å². The van der Waals surface area contributed by atoms with Crippen LogP contribution in [0.2, 0.25) is 0 Å². The van der Waals surface area contributed by atoms with E-state index in [1.807, 2.05) is 26.0 Å². The highest BCUT2D eigenvalue weighted by molar-refractivity contribution is 7.22. The number of fused-ring (bicyclic) bond motifs is 4. The highest BCUT2D eigenvalue weighted by atomic mass is 32.1. The van der Waals surface area contributed by atoms with Gasteiger partial charge in [-0.15, -0.1) is 11.3 Å². The number of amides is 1. The second kappa shape index (κ2) is 7.80. The lowest BCUT2D eigenvalue weighted by Crippen LogP contribution is -2.44. The molecule has 1 N–H and O–H groups in total. The number of benzene rings is 2. The van der Waals surface area contributed by atoms with Gasteiger partial charge in [-0.3, -0.25) is 0 Å². The van der Waals surface area contributed by atoms with Crippen LogP contribution in [0.15, 0.2) is 24.4 Å². The number of halogens is 1. The molecule has 170 valence electrons. The lowest BCUT2D eigenvalue weighted by Gasteiger charge is -2.23. The third kappa shape index (κ3) is 3.70. The van der Waals surface area contributed by atoms with Crippen molar-refractivity contribution < 1.29 is 23.4 Å². The van der Waals surface area contributed by atoms with E-state index >= 15 is 0 Å². The Hall–Kier alpha value is -3.53. The van der Waals surface area contributed by atoms with Gasteiger partial charge in [-0.25, -0.2) is 24.1 Å². The summed E-state index contributed by atoms with van der Waals surface area (Å²) >= 11 is 1.46.